The van der Waals surface area contributed by atoms with Gasteiger partial charge < -0.3 is 5.11 Å². The van der Waals surface area contributed by atoms with Gasteiger partial charge in [-0.25, -0.2) is 6.61 Å². The van der Waals surface area contributed by atoms with Gasteiger partial charge in [-0.3, -0.25) is 0 Å². The van der Waals surface area contributed by atoms with Crippen molar-refractivity contribution in [3.63, 3.8) is 0 Å². The molecule has 0 unspecified atom stereocenters. The predicted octanol–water partition coefficient (Wildman–Crippen LogP) is 2.50. The Bertz CT molecular complexity index is 518. The molecule has 0 bridgehead atoms. The van der Waals surface area contributed by atoms with Gasteiger partial charge in [-0.1, -0.05) is 68.6 Å². The number of benzene rings is 2. The standard InChI is InChI=1S/C14H14OP.4CO.Mn/c15-11-12-16(13-7-3-1-4-8-13)14-9-5-2-6-10-14;4*1-2;/h1-11,15H,12H2;;;;;/q-1;;;;;. The van der Waals surface area contributed by atoms with Crippen LogP contribution >= 0.6 is 7.92 Å². The van der Waals surface area contributed by atoms with Gasteiger partial charge in [0, 0.05) is 17.1 Å². The Morgan fingerprint density at radius 1 is 0.680 bits per heavy atom. The summed E-state index contributed by atoms with van der Waals surface area (Å²) in [6.07, 6.45) is 0.712. The summed E-state index contributed by atoms with van der Waals surface area (Å²) in [6, 6.07) is 20.7. The van der Waals surface area contributed by atoms with Crippen LogP contribution in [0.1, 0.15) is 0 Å². The SMILES string of the molecule is O[CH-]CP(c1ccccc1)c1ccccc1.[C-]#[O+].[C-]#[O+].[C-]#[O+].[C-]#[O+].[Mn]. The summed E-state index contributed by atoms with van der Waals surface area (Å²) in [5.74, 6) is 0. The largest absolute Gasteiger partial charge is 0 e. The van der Waals surface area contributed by atoms with E-state index in [4.69, 9.17) is 23.7 Å². The molecule has 2 aromatic carbocycles. The normalized spacial score (nSPS) is 7.12. The summed E-state index contributed by atoms with van der Waals surface area (Å²) in [5, 5.41) is 11.7. The molecule has 0 fully saturated rings. The minimum absolute atomic E-state index is 0. The zero-order valence-electron chi connectivity index (χ0n) is 13.0. The van der Waals surface area contributed by atoms with E-state index in [0.29, 0.717) is 6.16 Å². The van der Waals surface area contributed by atoms with Gasteiger partial charge in [0.1, 0.15) is 0 Å². The molecular weight excluding hydrogens is 382 g/mol. The predicted molar refractivity (Wildman–Crippen MR) is 85.9 cm³/mol. The first kappa shape index (κ1) is 31.1. The van der Waals surface area contributed by atoms with E-state index in [9.17, 15) is 0 Å². The molecule has 0 saturated carbocycles. The summed E-state index contributed by atoms with van der Waals surface area (Å²) >= 11 is 0. The van der Waals surface area contributed by atoms with E-state index in [0.717, 1.165) is 0 Å². The van der Waals surface area contributed by atoms with Crippen LogP contribution in [0.15, 0.2) is 60.7 Å². The number of hydrogen-bond acceptors (Lipinski definition) is 1. The van der Waals surface area contributed by atoms with Gasteiger partial charge in [0.15, 0.2) is 0 Å². The number of aliphatic hydroxyl groups is 1. The molecule has 1 N–H and O–H groups in total. The van der Waals surface area contributed by atoms with Gasteiger partial charge >= 0.3 is 45.2 Å². The third kappa shape index (κ3) is 14.4. The third-order valence-corrected chi connectivity index (χ3v) is 4.77. The average Bonchev–Trinajstić information content (AvgIpc) is 2.73. The monoisotopic (exact) mass is 396 g/mol. The van der Waals surface area contributed by atoms with E-state index in [1.165, 1.54) is 17.2 Å². The number of rotatable bonds is 4. The molecule has 5 nitrogen and oxygen atoms in total. The minimum atomic E-state index is -0.457. The number of aliphatic hydroxyl groups excluding tert-OH is 1. The van der Waals surface area contributed by atoms with Gasteiger partial charge in [-0.2, -0.15) is 0 Å². The van der Waals surface area contributed by atoms with Crippen LogP contribution in [0, 0.1) is 33.2 Å². The van der Waals surface area contributed by atoms with Crippen LogP contribution in [0.3, 0.4) is 0 Å². The summed E-state index contributed by atoms with van der Waals surface area (Å²) in [6.45, 7) is 19.3. The van der Waals surface area contributed by atoms with Crippen LogP contribution in [0.25, 0.3) is 0 Å². The molecule has 0 amide bonds. The summed E-state index contributed by atoms with van der Waals surface area (Å²) in [4.78, 5) is 0. The molecule has 1 radical (unpaired) electrons. The molecule has 7 heteroatoms. The fourth-order valence-corrected chi connectivity index (χ4v) is 3.60. The second kappa shape index (κ2) is 27.2. The summed E-state index contributed by atoms with van der Waals surface area (Å²) in [7, 11) is -0.457. The van der Waals surface area contributed by atoms with Gasteiger partial charge in [-0.05, 0) is 10.6 Å². The summed E-state index contributed by atoms with van der Waals surface area (Å²) < 4.78 is 30.0. The van der Waals surface area contributed by atoms with Crippen molar-refractivity contribution in [3.05, 3.63) is 93.9 Å². The van der Waals surface area contributed by atoms with E-state index in [-0.39, 0.29) is 17.1 Å². The van der Waals surface area contributed by atoms with Crippen molar-refractivity contribution < 1.29 is 40.8 Å². The molecule has 0 aliphatic heterocycles. The van der Waals surface area contributed by atoms with Crippen molar-refractivity contribution in [3.8, 4) is 0 Å². The van der Waals surface area contributed by atoms with Gasteiger partial charge in [0.2, 0.25) is 0 Å². The molecular formula is C18H14MnO5P-. The molecule has 129 valence electrons. The Kier molecular flexibility index (Phi) is 33.8. The van der Waals surface area contributed by atoms with Crippen LogP contribution in [0.2, 0.25) is 0 Å². The van der Waals surface area contributed by atoms with Crippen LogP contribution in [0.5, 0.6) is 0 Å². The van der Waals surface area contributed by atoms with E-state index in [1.54, 1.807) is 0 Å². The maximum Gasteiger partial charge on any atom is 0 e. The second-order valence-corrected chi connectivity index (χ2v) is 5.72. The Hall–Kier alpha value is -1.69. The summed E-state index contributed by atoms with van der Waals surface area (Å²) in [5.41, 5.74) is 0. The maximum atomic E-state index is 9.05. The second-order valence-electron chi connectivity index (χ2n) is 3.46. The van der Waals surface area contributed by atoms with Crippen molar-refractivity contribution in [1.29, 1.82) is 0 Å². The Labute approximate surface area is 159 Å². The Morgan fingerprint density at radius 3 is 1.20 bits per heavy atom. The van der Waals surface area contributed by atoms with E-state index < -0.39 is 7.92 Å². The minimum Gasteiger partial charge on any atom is 0 e. The molecule has 0 spiro atoms. The first-order chi connectivity index (χ1) is 11.9. The number of hydrogen-bond donors (Lipinski definition) is 1. The fourth-order valence-electron chi connectivity index (χ4n) is 1.66. The van der Waals surface area contributed by atoms with Crippen LogP contribution in [-0.4, -0.2) is 11.3 Å². The molecule has 0 saturated heterocycles. The molecule has 0 aliphatic carbocycles. The maximum absolute atomic E-state index is 9.05. The van der Waals surface area contributed by atoms with Crippen LogP contribution < -0.4 is 10.6 Å². The first-order valence-electron chi connectivity index (χ1n) is 6.07. The van der Waals surface area contributed by atoms with Gasteiger partial charge in [-0.15, -0.1) is 6.16 Å². The zero-order valence-corrected chi connectivity index (χ0v) is 15.0. The molecule has 0 aliphatic rings. The van der Waals surface area contributed by atoms with Crippen molar-refractivity contribution in [2.45, 2.75) is 0 Å². The first-order valence-corrected chi connectivity index (χ1v) is 7.59. The third-order valence-electron chi connectivity index (χ3n) is 2.40. The molecule has 0 heterocycles. The smallest absolute Gasteiger partial charge is 0 e. The van der Waals surface area contributed by atoms with Crippen LogP contribution in [0.4, 0.5) is 0 Å². The average molecular weight is 396 g/mol. The van der Waals surface area contributed by atoms with Crippen molar-refractivity contribution >= 4 is 18.5 Å². The van der Waals surface area contributed by atoms with Crippen molar-refractivity contribution in [1.82, 2.24) is 0 Å². The van der Waals surface area contributed by atoms with Gasteiger partial charge in [0.25, 0.3) is 0 Å². The topological polar surface area (TPSA) is 99.8 Å². The Balaban J connectivity index is -0.000000217. The molecule has 25 heavy (non-hydrogen) atoms. The molecule has 0 aromatic heterocycles. The molecule has 0 atom stereocenters. The van der Waals surface area contributed by atoms with E-state index in [1.807, 2.05) is 36.4 Å². The quantitative estimate of drug-likeness (QED) is 0.365. The molecule has 2 aromatic rings. The van der Waals surface area contributed by atoms with Crippen molar-refractivity contribution in [2.24, 2.45) is 0 Å². The van der Waals surface area contributed by atoms with E-state index >= 15 is 0 Å². The zero-order chi connectivity index (χ0) is 19.2. The fraction of sp³-hybridized carbons (Fsp3) is 0.0556. The van der Waals surface area contributed by atoms with Crippen LogP contribution in [-0.2, 0) is 35.7 Å². The van der Waals surface area contributed by atoms with Crippen molar-refractivity contribution in [2.75, 3.05) is 6.16 Å². The van der Waals surface area contributed by atoms with E-state index in [2.05, 4.69) is 50.9 Å². The molecule has 2 rings (SSSR count). The van der Waals surface area contributed by atoms with Gasteiger partial charge in [0.05, 0.1) is 0 Å². The Morgan fingerprint density at radius 2 is 0.960 bits per heavy atom.